The van der Waals surface area contributed by atoms with E-state index in [2.05, 4.69) is 18.7 Å². The van der Waals surface area contributed by atoms with Crippen molar-refractivity contribution in [3.63, 3.8) is 0 Å². The molecule has 3 nitrogen and oxygen atoms in total. The Bertz CT molecular complexity index is 647. The highest BCUT2D eigenvalue weighted by Crippen LogP contribution is 2.32. The van der Waals surface area contributed by atoms with Crippen LogP contribution in [0, 0.1) is 0 Å². The molecule has 0 radical (unpaired) electrons. The number of ether oxygens (including phenoxy) is 2. The fourth-order valence-electron chi connectivity index (χ4n) is 3.04. The maximum atomic E-state index is 6.45. The van der Waals surface area contributed by atoms with Crippen LogP contribution >= 0.6 is 11.6 Å². The van der Waals surface area contributed by atoms with Gasteiger partial charge in [0.25, 0.3) is 0 Å². The lowest BCUT2D eigenvalue weighted by molar-refractivity contribution is -0.0884. The molecule has 2 aromatic rings. The van der Waals surface area contributed by atoms with Crippen molar-refractivity contribution < 1.29 is 9.47 Å². The van der Waals surface area contributed by atoms with Gasteiger partial charge >= 0.3 is 0 Å². The highest BCUT2D eigenvalue weighted by atomic mass is 35.5. The second-order valence-corrected chi connectivity index (χ2v) is 6.78. The Morgan fingerprint density at radius 3 is 2.50 bits per heavy atom. The fourth-order valence-corrected chi connectivity index (χ4v) is 3.28. The Balaban J connectivity index is 1.88. The number of halogens is 1. The van der Waals surface area contributed by atoms with E-state index >= 15 is 0 Å². The molecule has 1 heterocycles. The van der Waals surface area contributed by atoms with Gasteiger partial charge in [0.2, 0.25) is 0 Å². The van der Waals surface area contributed by atoms with Crippen molar-refractivity contribution in [1.29, 1.82) is 0 Å². The molecule has 128 valence electrons. The number of para-hydroxylation sites is 1. The van der Waals surface area contributed by atoms with Gasteiger partial charge in [-0.1, -0.05) is 48.0 Å². The summed E-state index contributed by atoms with van der Waals surface area (Å²) in [5.74, 6) is 0.827. The number of hydrogen-bond donors (Lipinski definition) is 0. The number of morpholine rings is 1. The summed E-state index contributed by atoms with van der Waals surface area (Å²) in [5.41, 5.74) is 0.971. The third kappa shape index (κ3) is 4.10. The van der Waals surface area contributed by atoms with Gasteiger partial charge in [0.1, 0.15) is 11.9 Å². The maximum Gasteiger partial charge on any atom is 0.152 e. The highest BCUT2D eigenvalue weighted by Gasteiger charge is 2.33. The zero-order chi connectivity index (χ0) is 16.9. The number of hydrogen-bond acceptors (Lipinski definition) is 3. The van der Waals surface area contributed by atoms with Crippen LogP contribution in [0.25, 0.3) is 0 Å². The highest BCUT2D eigenvalue weighted by molar-refractivity contribution is 6.31. The van der Waals surface area contributed by atoms with Crippen LogP contribution in [0.1, 0.15) is 25.5 Å². The third-order valence-corrected chi connectivity index (χ3v) is 4.76. The van der Waals surface area contributed by atoms with Crippen molar-refractivity contribution in [2.24, 2.45) is 0 Å². The van der Waals surface area contributed by atoms with Crippen molar-refractivity contribution in [3.8, 4) is 5.75 Å². The summed E-state index contributed by atoms with van der Waals surface area (Å²) in [6, 6.07) is 18.2. The van der Waals surface area contributed by atoms with Crippen LogP contribution in [0.15, 0.2) is 54.6 Å². The van der Waals surface area contributed by atoms with Crippen molar-refractivity contribution in [1.82, 2.24) is 4.90 Å². The van der Waals surface area contributed by atoms with Crippen LogP contribution in [-0.2, 0) is 4.74 Å². The average molecular weight is 346 g/mol. The number of rotatable bonds is 5. The SMILES string of the molecule is CC(C)N1CCOC(C(Oc2ccccc2)c2ccccc2Cl)C1. The number of nitrogens with zero attached hydrogens (tertiary/aromatic N) is 1. The van der Waals surface area contributed by atoms with E-state index in [1.165, 1.54) is 0 Å². The van der Waals surface area contributed by atoms with Crippen LogP contribution in [0.5, 0.6) is 5.75 Å². The summed E-state index contributed by atoms with van der Waals surface area (Å²) in [6.07, 6.45) is -0.288. The van der Waals surface area contributed by atoms with E-state index in [-0.39, 0.29) is 12.2 Å². The molecule has 2 aromatic carbocycles. The van der Waals surface area contributed by atoms with E-state index in [1.807, 2.05) is 54.6 Å². The minimum absolute atomic E-state index is 0.0544. The topological polar surface area (TPSA) is 21.7 Å². The molecule has 2 atom stereocenters. The van der Waals surface area contributed by atoms with Gasteiger partial charge in [0.05, 0.1) is 6.61 Å². The van der Waals surface area contributed by atoms with Crippen LogP contribution in [-0.4, -0.2) is 36.7 Å². The lowest BCUT2D eigenvalue weighted by Gasteiger charge is -2.39. The second kappa shape index (κ2) is 8.02. The lowest BCUT2D eigenvalue weighted by Crippen LogP contribution is -2.48. The van der Waals surface area contributed by atoms with E-state index < -0.39 is 0 Å². The Kier molecular flexibility index (Phi) is 5.77. The molecular weight excluding hydrogens is 322 g/mol. The molecule has 24 heavy (non-hydrogen) atoms. The van der Waals surface area contributed by atoms with Gasteiger partial charge in [0.15, 0.2) is 6.10 Å². The molecule has 1 saturated heterocycles. The van der Waals surface area contributed by atoms with Crippen LogP contribution < -0.4 is 4.74 Å². The molecule has 1 aliphatic rings. The standard InChI is InChI=1S/C20H24ClNO2/c1-15(2)22-12-13-23-19(14-22)20(17-10-6-7-11-18(17)21)24-16-8-4-3-5-9-16/h3-11,15,19-20H,12-14H2,1-2H3. The van der Waals surface area contributed by atoms with Crippen LogP contribution in [0.2, 0.25) is 5.02 Å². The Hall–Kier alpha value is -1.55. The molecule has 0 spiro atoms. The first-order valence-corrected chi connectivity index (χ1v) is 8.84. The van der Waals surface area contributed by atoms with Crippen molar-refractivity contribution >= 4 is 11.6 Å². The van der Waals surface area contributed by atoms with Crippen LogP contribution in [0.4, 0.5) is 0 Å². The third-order valence-electron chi connectivity index (χ3n) is 4.41. The lowest BCUT2D eigenvalue weighted by atomic mass is 10.0. The summed E-state index contributed by atoms with van der Waals surface area (Å²) < 4.78 is 12.4. The van der Waals surface area contributed by atoms with Gasteiger partial charge < -0.3 is 9.47 Å². The van der Waals surface area contributed by atoms with E-state index in [4.69, 9.17) is 21.1 Å². The van der Waals surface area contributed by atoms with Crippen molar-refractivity contribution in [2.45, 2.75) is 32.1 Å². The van der Waals surface area contributed by atoms with Gasteiger partial charge in [-0.2, -0.15) is 0 Å². The zero-order valence-corrected chi connectivity index (χ0v) is 14.9. The average Bonchev–Trinajstić information content (AvgIpc) is 2.61. The largest absolute Gasteiger partial charge is 0.483 e. The molecule has 0 bridgehead atoms. The molecule has 0 aromatic heterocycles. The molecule has 0 N–H and O–H groups in total. The molecule has 1 fully saturated rings. The van der Waals surface area contributed by atoms with Gasteiger partial charge in [-0.3, -0.25) is 4.90 Å². The van der Waals surface area contributed by atoms with E-state index in [0.29, 0.717) is 17.7 Å². The molecule has 0 amide bonds. The predicted molar refractivity (Wildman–Crippen MR) is 97.7 cm³/mol. The molecule has 1 aliphatic heterocycles. The normalized spacial score (nSPS) is 20.1. The van der Waals surface area contributed by atoms with Gasteiger partial charge in [-0.15, -0.1) is 0 Å². The Morgan fingerprint density at radius 1 is 1.08 bits per heavy atom. The maximum absolute atomic E-state index is 6.45. The molecule has 0 aliphatic carbocycles. The van der Waals surface area contributed by atoms with Crippen LogP contribution in [0.3, 0.4) is 0 Å². The van der Waals surface area contributed by atoms with E-state index in [9.17, 15) is 0 Å². The summed E-state index contributed by atoms with van der Waals surface area (Å²) in [5, 5.41) is 0.712. The van der Waals surface area contributed by atoms with Crippen molar-refractivity contribution in [3.05, 3.63) is 65.2 Å². The quantitative estimate of drug-likeness (QED) is 0.792. The first-order chi connectivity index (χ1) is 11.6. The smallest absolute Gasteiger partial charge is 0.152 e. The first kappa shape index (κ1) is 17.3. The van der Waals surface area contributed by atoms with Gasteiger partial charge in [0, 0.05) is 29.7 Å². The zero-order valence-electron chi connectivity index (χ0n) is 14.2. The molecule has 4 heteroatoms. The minimum Gasteiger partial charge on any atom is -0.483 e. The van der Waals surface area contributed by atoms with Gasteiger partial charge in [-0.25, -0.2) is 0 Å². The van der Waals surface area contributed by atoms with E-state index in [1.54, 1.807) is 0 Å². The van der Waals surface area contributed by atoms with Gasteiger partial charge in [-0.05, 0) is 32.0 Å². The van der Waals surface area contributed by atoms with E-state index in [0.717, 1.165) is 24.4 Å². The van der Waals surface area contributed by atoms with Crippen molar-refractivity contribution in [2.75, 3.05) is 19.7 Å². The molecule has 2 unspecified atom stereocenters. The molecular formula is C20H24ClNO2. The fraction of sp³-hybridized carbons (Fsp3) is 0.400. The second-order valence-electron chi connectivity index (χ2n) is 6.37. The summed E-state index contributed by atoms with van der Waals surface area (Å²) in [6.45, 7) is 6.92. The molecule has 3 rings (SSSR count). The Labute approximate surface area is 149 Å². The first-order valence-electron chi connectivity index (χ1n) is 8.47. The summed E-state index contributed by atoms with van der Waals surface area (Å²) in [7, 11) is 0. The predicted octanol–water partition coefficient (Wildman–Crippen LogP) is 4.57. The molecule has 0 saturated carbocycles. The number of benzene rings is 2. The summed E-state index contributed by atoms with van der Waals surface area (Å²) >= 11 is 6.45. The summed E-state index contributed by atoms with van der Waals surface area (Å²) in [4.78, 5) is 2.42. The minimum atomic E-state index is -0.234. The monoisotopic (exact) mass is 345 g/mol. The Morgan fingerprint density at radius 2 is 1.79 bits per heavy atom.